The zero-order valence-electron chi connectivity index (χ0n) is 44.7. The summed E-state index contributed by atoms with van der Waals surface area (Å²) in [6.45, 7) is 8.74. The number of nitrogens with zero attached hydrogens (tertiary/aromatic N) is 5. The third kappa shape index (κ3) is 9.53. The van der Waals surface area contributed by atoms with Crippen LogP contribution in [0, 0.1) is 27.7 Å². The Morgan fingerprint density at radius 1 is 0.278 bits per heavy atom. The predicted octanol–water partition coefficient (Wildman–Crippen LogP) is 20.1. The van der Waals surface area contributed by atoms with Crippen molar-refractivity contribution in [1.29, 1.82) is 0 Å². The van der Waals surface area contributed by atoms with Crippen LogP contribution in [0.4, 0.5) is 34.1 Å². The molecule has 5 nitrogen and oxygen atoms in total. The van der Waals surface area contributed by atoms with E-state index in [1.165, 1.54) is 49.8 Å². The Morgan fingerprint density at radius 2 is 0.658 bits per heavy atom. The Bertz CT molecular complexity index is 4020. The Balaban J connectivity index is 0.868. The van der Waals surface area contributed by atoms with Crippen molar-refractivity contribution in [2.75, 3.05) is 9.80 Å². The van der Waals surface area contributed by atoms with Gasteiger partial charge in [0.2, 0.25) is 0 Å². The van der Waals surface area contributed by atoms with Crippen molar-refractivity contribution < 1.29 is 0 Å². The van der Waals surface area contributed by atoms with Crippen LogP contribution in [0.15, 0.2) is 273 Å². The second-order valence-corrected chi connectivity index (χ2v) is 20.6. The fourth-order valence-electron chi connectivity index (χ4n) is 11.3. The van der Waals surface area contributed by atoms with Gasteiger partial charge in [-0.25, -0.2) is 9.97 Å². The van der Waals surface area contributed by atoms with Crippen molar-refractivity contribution in [3.05, 3.63) is 295 Å². The smallest absolute Gasteiger partial charge is 0.160 e. The maximum Gasteiger partial charge on any atom is 0.160 e. The van der Waals surface area contributed by atoms with E-state index in [1.54, 1.807) is 0 Å². The molecule has 0 bridgehead atoms. The maximum absolute atomic E-state index is 5.12. The third-order valence-electron chi connectivity index (χ3n) is 15.1. The molecule has 2 aromatic heterocycles. The van der Waals surface area contributed by atoms with Crippen LogP contribution in [0.2, 0.25) is 0 Å². The van der Waals surface area contributed by atoms with Gasteiger partial charge in [-0.15, -0.1) is 0 Å². The minimum Gasteiger partial charge on any atom is -0.310 e. The molecule has 0 aliphatic rings. The van der Waals surface area contributed by atoms with Crippen molar-refractivity contribution in [2.45, 2.75) is 27.7 Å². The molecule has 79 heavy (non-hydrogen) atoms. The summed E-state index contributed by atoms with van der Waals surface area (Å²) in [5.74, 6) is 0.721. The van der Waals surface area contributed by atoms with Gasteiger partial charge in [0.15, 0.2) is 5.82 Å². The van der Waals surface area contributed by atoms with Crippen LogP contribution >= 0.6 is 0 Å². The van der Waals surface area contributed by atoms with E-state index in [0.717, 1.165) is 90.2 Å². The molecule has 0 aliphatic heterocycles. The quantitative estimate of drug-likeness (QED) is 0.122. The second kappa shape index (κ2) is 20.8. The molecular weight excluding hydrogens is 959 g/mol. The molecule has 0 atom stereocenters. The highest BCUT2D eigenvalue weighted by molar-refractivity contribution is 6.12. The van der Waals surface area contributed by atoms with Crippen molar-refractivity contribution >= 4 is 55.9 Å². The number of aromatic nitrogens is 3. The van der Waals surface area contributed by atoms with E-state index in [4.69, 9.17) is 9.97 Å². The number of aryl methyl sites for hydroxylation is 4. The number of hydrogen-bond acceptors (Lipinski definition) is 4. The van der Waals surface area contributed by atoms with Crippen LogP contribution in [0.3, 0.4) is 0 Å². The Hall–Kier alpha value is -10.1. The normalized spacial score (nSPS) is 11.3. The lowest BCUT2D eigenvalue weighted by molar-refractivity contribution is 1.12. The lowest BCUT2D eigenvalue weighted by atomic mass is 9.96. The summed E-state index contributed by atoms with van der Waals surface area (Å²) in [6.07, 6.45) is 0. The molecule has 11 aromatic carbocycles. The molecule has 13 aromatic rings. The lowest BCUT2D eigenvalue weighted by Crippen LogP contribution is -2.09. The van der Waals surface area contributed by atoms with E-state index in [0.29, 0.717) is 0 Å². The van der Waals surface area contributed by atoms with Crippen LogP contribution < -0.4 is 9.80 Å². The van der Waals surface area contributed by atoms with Crippen LogP contribution in [0.25, 0.3) is 83.6 Å². The third-order valence-corrected chi connectivity index (χ3v) is 15.1. The largest absolute Gasteiger partial charge is 0.310 e. The van der Waals surface area contributed by atoms with Crippen LogP contribution in [0.5, 0.6) is 0 Å². The molecule has 0 aliphatic carbocycles. The summed E-state index contributed by atoms with van der Waals surface area (Å²) < 4.78 is 2.48. The van der Waals surface area contributed by atoms with Gasteiger partial charge in [0.25, 0.3) is 0 Å². The molecule has 0 radical (unpaired) electrons. The molecular formula is C74H57N5. The van der Waals surface area contributed by atoms with Gasteiger partial charge >= 0.3 is 0 Å². The zero-order chi connectivity index (χ0) is 53.4. The highest BCUT2D eigenvalue weighted by atomic mass is 15.1. The summed E-state index contributed by atoms with van der Waals surface area (Å²) in [7, 11) is 0. The Kier molecular flexibility index (Phi) is 12.8. The standard InChI is InChI=1S/C74H57N5/c1-50-19-17-21-58(43-50)70-49-69(75-74(76-70)59-22-18-20-51(2)44-59)57-37-35-55(36-38-57)54-31-33-56(34-32-54)60-45-52(3)73(53(4)46-60)79-71-41-39-65(77(61-23-9-5-10-24-61)62-25-11-6-12-26-62)47-67(71)68-48-66(40-42-72(68)79)78(63-27-13-7-14-28-63)64-29-15-8-16-30-64/h5-49H,1-4H3. The molecule has 0 fully saturated rings. The summed E-state index contributed by atoms with van der Waals surface area (Å²) in [4.78, 5) is 14.9. The van der Waals surface area contributed by atoms with E-state index >= 15 is 0 Å². The van der Waals surface area contributed by atoms with Gasteiger partial charge in [0.05, 0.1) is 28.1 Å². The molecule has 0 saturated heterocycles. The first-order valence-electron chi connectivity index (χ1n) is 27.0. The predicted molar refractivity (Wildman–Crippen MR) is 332 cm³/mol. The van der Waals surface area contributed by atoms with E-state index in [9.17, 15) is 0 Å². The van der Waals surface area contributed by atoms with Crippen molar-refractivity contribution in [2.24, 2.45) is 0 Å². The first kappa shape index (κ1) is 48.5. The van der Waals surface area contributed by atoms with E-state index in [2.05, 4.69) is 315 Å². The molecule has 0 saturated carbocycles. The van der Waals surface area contributed by atoms with Crippen LogP contribution in [-0.4, -0.2) is 14.5 Å². The lowest BCUT2D eigenvalue weighted by Gasteiger charge is -2.26. The minimum absolute atomic E-state index is 0.721. The van der Waals surface area contributed by atoms with Crippen molar-refractivity contribution in [3.63, 3.8) is 0 Å². The average molecular weight is 1020 g/mol. The van der Waals surface area contributed by atoms with Crippen LogP contribution in [-0.2, 0) is 0 Å². The molecule has 0 unspecified atom stereocenters. The summed E-state index contributed by atoms with van der Waals surface area (Å²) in [5, 5.41) is 2.35. The summed E-state index contributed by atoms with van der Waals surface area (Å²) in [5.41, 5.74) is 24.4. The van der Waals surface area contributed by atoms with Crippen molar-refractivity contribution in [3.8, 4) is 61.8 Å². The maximum atomic E-state index is 5.12. The van der Waals surface area contributed by atoms with Gasteiger partial charge in [-0.05, 0) is 176 Å². The van der Waals surface area contributed by atoms with E-state index in [1.807, 2.05) is 0 Å². The second-order valence-electron chi connectivity index (χ2n) is 20.6. The SMILES string of the molecule is Cc1cccc(-c2cc(-c3ccc(-c4ccc(-c5cc(C)c(-n6c7ccc(N(c8ccccc8)c8ccccc8)cc7c7cc(N(c8ccccc8)c8ccccc8)ccc76)c(C)c5)cc4)cc3)nc(-c3cccc(C)c3)n2)c1. The average Bonchev–Trinajstić information content (AvgIpc) is 3.80. The van der Waals surface area contributed by atoms with E-state index in [-0.39, 0.29) is 0 Å². The molecule has 0 N–H and O–H groups in total. The molecule has 378 valence electrons. The summed E-state index contributed by atoms with van der Waals surface area (Å²) in [6, 6.07) is 98.0. The summed E-state index contributed by atoms with van der Waals surface area (Å²) >= 11 is 0. The highest BCUT2D eigenvalue weighted by Gasteiger charge is 2.22. The molecule has 5 heteroatoms. The number of para-hydroxylation sites is 4. The first-order valence-corrected chi connectivity index (χ1v) is 27.0. The highest BCUT2D eigenvalue weighted by Crippen LogP contribution is 2.44. The topological polar surface area (TPSA) is 37.2 Å². The van der Waals surface area contributed by atoms with Gasteiger partial charge in [-0.2, -0.15) is 0 Å². The minimum atomic E-state index is 0.721. The zero-order valence-corrected chi connectivity index (χ0v) is 44.7. The Morgan fingerprint density at radius 3 is 1.09 bits per heavy atom. The molecule has 0 spiro atoms. The van der Waals surface area contributed by atoms with E-state index < -0.39 is 0 Å². The fourth-order valence-corrected chi connectivity index (χ4v) is 11.3. The monoisotopic (exact) mass is 1020 g/mol. The van der Waals surface area contributed by atoms with Gasteiger partial charge in [-0.3, -0.25) is 0 Å². The number of anilines is 6. The number of fused-ring (bicyclic) bond motifs is 3. The molecule has 0 amide bonds. The Labute approximate surface area is 462 Å². The van der Waals surface area contributed by atoms with Gasteiger partial charge in [-0.1, -0.05) is 169 Å². The van der Waals surface area contributed by atoms with Crippen molar-refractivity contribution in [1.82, 2.24) is 14.5 Å². The fraction of sp³-hybridized carbons (Fsp3) is 0.0541. The van der Waals surface area contributed by atoms with Gasteiger partial charge in [0, 0.05) is 61.6 Å². The van der Waals surface area contributed by atoms with Crippen LogP contribution in [0.1, 0.15) is 22.3 Å². The molecule has 2 heterocycles. The van der Waals surface area contributed by atoms with Gasteiger partial charge < -0.3 is 14.4 Å². The van der Waals surface area contributed by atoms with Gasteiger partial charge in [0.1, 0.15) is 0 Å². The molecule has 13 rings (SSSR count). The first-order chi connectivity index (χ1) is 38.8. The number of benzene rings is 11. The number of hydrogen-bond donors (Lipinski definition) is 0. The number of rotatable bonds is 12.